The molecule has 2 heterocycles. The van der Waals surface area contributed by atoms with Crippen molar-refractivity contribution < 1.29 is 18.0 Å². The maximum atomic E-state index is 13.1. The third kappa shape index (κ3) is 3.60. The molecule has 0 aliphatic rings. The first-order valence-electron chi connectivity index (χ1n) is 8.25. The van der Waals surface area contributed by atoms with Crippen LogP contribution >= 0.6 is 11.6 Å². The zero-order valence-corrected chi connectivity index (χ0v) is 16.0. The summed E-state index contributed by atoms with van der Waals surface area (Å²) in [5.41, 5.74) is 0.679. The van der Waals surface area contributed by atoms with Crippen LogP contribution in [0.1, 0.15) is 33.0 Å². The highest BCUT2D eigenvalue weighted by Crippen LogP contribution is 2.35. The number of hydrogen-bond acceptors (Lipinski definition) is 3. The van der Waals surface area contributed by atoms with E-state index in [4.69, 9.17) is 11.6 Å². The number of aryl methyl sites for hydroxylation is 2. The fourth-order valence-electron chi connectivity index (χ4n) is 2.94. The molecule has 1 aromatic carbocycles. The van der Waals surface area contributed by atoms with Crippen LogP contribution in [0.15, 0.2) is 36.4 Å². The number of carbonyl (C=O) groups excluding carboxylic acids is 1. The van der Waals surface area contributed by atoms with Gasteiger partial charge in [0.1, 0.15) is 5.15 Å². The SMILES string of the molecule is Cc1nn(-c2ccccc2)c(C)c1C(=O)/C=C/c1c(C(F)(F)F)nn(C)c1Cl. The molecule has 5 nitrogen and oxygen atoms in total. The average molecular weight is 409 g/mol. The number of carbonyl (C=O) groups is 1. The van der Waals surface area contributed by atoms with Gasteiger partial charge in [0, 0.05) is 12.6 Å². The molecular weight excluding hydrogens is 393 g/mol. The van der Waals surface area contributed by atoms with Crippen LogP contribution in [-0.4, -0.2) is 25.3 Å². The van der Waals surface area contributed by atoms with Crippen molar-refractivity contribution in [3.8, 4) is 5.69 Å². The third-order valence-electron chi connectivity index (χ3n) is 4.22. The Bertz CT molecular complexity index is 1070. The number of allylic oxidation sites excluding steroid dienone is 1. The van der Waals surface area contributed by atoms with Crippen molar-refractivity contribution >= 4 is 23.5 Å². The summed E-state index contributed by atoms with van der Waals surface area (Å²) in [7, 11) is 1.30. The van der Waals surface area contributed by atoms with Gasteiger partial charge in [-0.2, -0.15) is 23.4 Å². The number of ketones is 1. The second-order valence-electron chi connectivity index (χ2n) is 6.17. The standard InChI is InChI=1S/C19H16ClF3N4O/c1-11-16(12(2)27(24-11)13-7-5-4-6-8-13)15(28)10-9-14-17(19(21,22)23)25-26(3)18(14)20/h4-10H,1-3H3/b10-9+. The van der Waals surface area contributed by atoms with Crippen LogP contribution < -0.4 is 0 Å². The molecule has 0 N–H and O–H groups in total. The monoisotopic (exact) mass is 408 g/mol. The van der Waals surface area contributed by atoms with Gasteiger partial charge in [0.25, 0.3) is 0 Å². The van der Waals surface area contributed by atoms with Gasteiger partial charge in [0.2, 0.25) is 0 Å². The Balaban J connectivity index is 1.99. The summed E-state index contributed by atoms with van der Waals surface area (Å²) >= 11 is 5.92. The van der Waals surface area contributed by atoms with Crippen LogP contribution in [0.5, 0.6) is 0 Å². The second-order valence-corrected chi connectivity index (χ2v) is 6.52. The number of aromatic nitrogens is 4. The summed E-state index contributed by atoms with van der Waals surface area (Å²) in [4.78, 5) is 12.7. The number of hydrogen-bond donors (Lipinski definition) is 0. The van der Waals surface area contributed by atoms with Crippen molar-refractivity contribution in [2.24, 2.45) is 7.05 Å². The van der Waals surface area contributed by atoms with E-state index in [2.05, 4.69) is 10.2 Å². The van der Waals surface area contributed by atoms with Gasteiger partial charge in [0.15, 0.2) is 11.5 Å². The highest BCUT2D eigenvalue weighted by atomic mass is 35.5. The summed E-state index contributed by atoms with van der Waals surface area (Å²) < 4.78 is 42.0. The van der Waals surface area contributed by atoms with Crippen molar-refractivity contribution in [3.63, 3.8) is 0 Å². The number of benzene rings is 1. The molecule has 3 rings (SSSR count). The van der Waals surface area contributed by atoms with Crippen LogP contribution in [0.3, 0.4) is 0 Å². The molecular formula is C19H16ClF3N4O. The minimum absolute atomic E-state index is 0.204. The molecule has 0 spiro atoms. The lowest BCUT2D eigenvalue weighted by Crippen LogP contribution is -2.08. The fraction of sp³-hybridized carbons (Fsp3) is 0.211. The number of nitrogens with zero attached hydrogens (tertiary/aromatic N) is 4. The molecule has 0 aliphatic carbocycles. The molecule has 0 unspecified atom stereocenters. The zero-order chi connectivity index (χ0) is 20.6. The average Bonchev–Trinajstić information content (AvgIpc) is 3.10. The van der Waals surface area contributed by atoms with Gasteiger partial charge < -0.3 is 0 Å². The van der Waals surface area contributed by atoms with Gasteiger partial charge in [-0.25, -0.2) is 4.68 Å². The quantitative estimate of drug-likeness (QED) is 0.460. The van der Waals surface area contributed by atoms with Gasteiger partial charge >= 0.3 is 6.18 Å². The largest absolute Gasteiger partial charge is 0.435 e. The minimum Gasteiger partial charge on any atom is -0.289 e. The van der Waals surface area contributed by atoms with Crippen molar-refractivity contribution in [2.75, 3.05) is 0 Å². The molecule has 0 bridgehead atoms. The molecule has 28 heavy (non-hydrogen) atoms. The molecule has 146 valence electrons. The van der Waals surface area contributed by atoms with Crippen molar-refractivity contribution in [3.05, 3.63) is 69.8 Å². The maximum absolute atomic E-state index is 13.1. The maximum Gasteiger partial charge on any atom is 0.435 e. The molecule has 0 amide bonds. The lowest BCUT2D eigenvalue weighted by atomic mass is 10.1. The highest BCUT2D eigenvalue weighted by Gasteiger charge is 2.38. The van der Waals surface area contributed by atoms with E-state index in [-0.39, 0.29) is 10.7 Å². The molecule has 2 aromatic heterocycles. The number of para-hydroxylation sites is 1. The molecule has 0 atom stereocenters. The van der Waals surface area contributed by atoms with Crippen LogP contribution in [0.4, 0.5) is 13.2 Å². The van der Waals surface area contributed by atoms with E-state index in [1.165, 1.54) is 7.05 Å². The second kappa shape index (κ2) is 7.27. The Morgan fingerprint density at radius 3 is 2.39 bits per heavy atom. The summed E-state index contributed by atoms with van der Waals surface area (Å²) in [6, 6.07) is 9.23. The third-order valence-corrected chi connectivity index (χ3v) is 4.67. The molecule has 3 aromatic rings. The summed E-state index contributed by atoms with van der Waals surface area (Å²) in [6.07, 6.45) is -2.58. The van der Waals surface area contributed by atoms with Crippen LogP contribution in [-0.2, 0) is 13.2 Å². The number of alkyl halides is 3. The van der Waals surface area contributed by atoms with E-state index >= 15 is 0 Å². The van der Waals surface area contributed by atoms with Crippen molar-refractivity contribution in [2.45, 2.75) is 20.0 Å². The lowest BCUT2D eigenvalue weighted by Gasteiger charge is -2.04. The molecule has 0 radical (unpaired) electrons. The van der Waals surface area contributed by atoms with Crippen molar-refractivity contribution in [1.29, 1.82) is 0 Å². The van der Waals surface area contributed by atoms with Gasteiger partial charge in [-0.3, -0.25) is 9.48 Å². The topological polar surface area (TPSA) is 52.7 Å². The van der Waals surface area contributed by atoms with E-state index in [1.807, 2.05) is 30.3 Å². The Morgan fingerprint density at radius 1 is 1.14 bits per heavy atom. The van der Waals surface area contributed by atoms with Crippen LogP contribution in [0.2, 0.25) is 5.15 Å². The van der Waals surface area contributed by atoms with E-state index in [9.17, 15) is 18.0 Å². The van der Waals surface area contributed by atoms with Crippen molar-refractivity contribution in [1.82, 2.24) is 19.6 Å². The smallest absolute Gasteiger partial charge is 0.289 e. The summed E-state index contributed by atoms with van der Waals surface area (Å²) in [5, 5.41) is 7.56. The molecule has 0 fully saturated rings. The zero-order valence-electron chi connectivity index (χ0n) is 15.3. The van der Waals surface area contributed by atoms with Crippen LogP contribution in [0, 0.1) is 13.8 Å². The van der Waals surface area contributed by atoms with E-state index in [0.717, 1.165) is 22.5 Å². The lowest BCUT2D eigenvalue weighted by molar-refractivity contribution is -0.141. The molecule has 0 saturated heterocycles. The molecule has 9 heteroatoms. The van der Waals surface area contributed by atoms with Crippen LogP contribution in [0.25, 0.3) is 11.8 Å². The number of halogens is 4. The first-order valence-corrected chi connectivity index (χ1v) is 8.62. The Morgan fingerprint density at radius 2 is 1.79 bits per heavy atom. The first-order chi connectivity index (χ1) is 13.1. The summed E-state index contributed by atoms with van der Waals surface area (Å²) in [6.45, 7) is 3.40. The summed E-state index contributed by atoms with van der Waals surface area (Å²) in [5.74, 6) is -0.467. The predicted octanol–water partition coefficient (Wildman–Crippen LogP) is 4.79. The molecule has 0 aliphatic heterocycles. The normalized spacial score (nSPS) is 12.1. The number of rotatable bonds is 4. The van der Waals surface area contributed by atoms with Gasteiger partial charge in [-0.05, 0) is 38.1 Å². The van der Waals surface area contributed by atoms with E-state index < -0.39 is 17.7 Å². The van der Waals surface area contributed by atoms with Gasteiger partial charge in [0.05, 0.1) is 22.6 Å². The van der Waals surface area contributed by atoms with Gasteiger partial charge in [-0.15, -0.1) is 0 Å². The first kappa shape index (κ1) is 19.9. The molecule has 0 saturated carbocycles. The predicted molar refractivity (Wildman–Crippen MR) is 99.6 cm³/mol. The van der Waals surface area contributed by atoms with Gasteiger partial charge in [-0.1, -0.05) is 29.8 Å². The Kier molecular flexibility index (Phi) is 5.16. The highest BCUT2D eigenvalue weighted by molar-refractivity contribution is 6.31. The van der Waals surface area contributed by atoms with E-state index in [0.29, 0.717) is 17.0 Å². The fourth-order valence-corrected chi connectivity index (χ4v) is 3.13. The Labute approximate surface area is 164 Å². The Hall–Kier alpha value is -2.87. The minimum atomic E-state index is -4.68. The van der Waals surface area contributed by atoms with E-state index in [1.54, 1.807) is 18.5 Å².